The second-order valence-corrected chi connectivity index (χ2v) is 5.46. The van der Waals surface area contributed by atoms with Crippen LogP contribution in [0.4, 0.5) is 0 Å². The van der Waals surface area contributed by atoms with Gasteiger partial charge in [0.05, 0.1) is 6.10 Å². The van der Waals surface area contributed by atoms with Gasteiger partial charge in [-0.15, -0.1) is 0 Å². The van der Waals surface area contributed by atoms with Crippen LogP contribution in [0.15, 0.2) is 0 Å². The number of rotatable bonds is 5. The standard InChI is InChI=1S/C14H23NO3/c1-11(16)10-12-4-2-8-15(12)14(17)7-6-13-5-3-9-18-13/h12-13H,2-10H2,1H3. The molecular weight excluding hydrogens is 230 g/mol. The van der Waals surface area contributed by atoms with Crippen molar-refractivity contribution in [1.29, 1.82) is 0 Å². The van der Waals surface area contributed by atoms with E-state index in [1.54, 1.807) is 6.92 Å². The molecule has 2 unspecified atom stereocenters. The Morgan fingerprint density at radius 2 is 2.11 bits per heavy atom. The largest absolute Gasteiger partial charge is 0.378 e. The van der Waals surface area contributed by atoms with Crippen LogP contribution >= 0.6 is 0 Å². The van der Waals surface area contributed by atoms with Crippen molar-refractivity contribution in [2.75, 3.05) is 13.2 Å². The highest BCUT2D eigenvalue weighted by molar-refractivity contribution is 5.80. The fourth-order valence-corrected chi connectivity index (χ4v) is 3.01. The summed E-state index contributed by atoms with van der Waals surface area (Å²) < 4.78 is 5.53. The molecule has 102 valence electrons. The number of nitrogens with zero attached hydrogens (tertiary/aromatic N) is 1. The first-order valence-corrected chi connectivity index (χ1v) is 7.07. The Morgan fingerprint density at radius 3 is 2.78 bits per heavy atom. The zero-order chi connectivity index (χ0) is 13.0. The average molecular weight is 253 g/mol. The average Bonchev–Trinajstić information content (AvgIpc) is 2.95. The van der Waals surface area contributed by atoms with Crippen LogP contribution in [0.25, 0.3) is 0 Å². The number of likely N-dealkylation sites (tertiary alicyclic amines) is 1. The summed E-state index contributed by atoms with van der Waals surface area (Å²) >= 11 is 0. The van der Waals surface area contributed by atoms with E-state index in [0.717, 1.165) is 45.3 Å². The first-order chi connectivity index (χ1) is 8.66. The Labute approximate surface area is 109 Å². The molecule has 0 aliphatic carbocycles. The quantitative estimate of drug-likeness (QED) is 0.752. The van der Waals surface area contributed by atoms with Crippen molar-refractivity contribution >= 4 is 11.7 Å². The Morgan fingerprint density at radius 1 is 1.28 bits per heavy atom. The predicted molar refractivity (Wildman–Crippen MR) is 68.2 cm³/mol. The van der Waals surface area contributed by atoms with Crippen molar-refractivity contribution in [2.24, 2.45) is 0 Å². The third-order valence-corrected chi connectivity index (χ3v) is 3.92. The summed E-state index contributed by atoms with van der Waals surface area (Å²) in [5, 5.41) is 0. The summed E-state index contributed by atoms with van der Waals surface area (Å²) in [6.45, 7) is 3.27. The molecule has 0 aromatic rings. The second-order valence-electron chi connectivity index (χ2n) is 5.46. The number of carbonyl (C=O) groups excluding carboxylic acids is 2. The van der Waals surface area contributed by atoms with Crippen molar-refractivity contribution in [1.82, 2.24) is 4.90 Å². The number of hydrogen-bond donors (Lipinski definition) is 0. The van der Waals surface area contributed by atoms with Crippen LogP contribution in [0.2, 0.25) is 0 Å². The highest BCUT2D eigenvalue weighted by Gasteiger charge is 2.29. The first-order valence-electron chi connectivity index (χ1n) is 7.07. The van der Waals surface area contributed by atoms with Crippen molar-refractivity contribution < 1.29 is 14.3 Å². The van der Waals surface area contributed by atoms with Gasteiger partial charge >= 0.3 is 0 Å². The minimum atomic E-state index is 0.152. The van der Waals surface area contributed by atoms with Gasteiger partial charge in [0.2, 0.25) is 5.91 Å². The molecular formula is C14H23NO3. The molecule has 0 saturated carbocycles. The fraction of sp³-hybridized carbons (Fsp3) is 0.857. The van der Waals surface area contributed by atoms with Crippen molar-refractivity contribution in [3.63, 3.8) is 0 Å². The molecule has 2 aliphatic heterocycles. The molecule has 2 rings (SSSR count). The Balaban J connectivity index is 1.77. The van der Waals surface area contributed by atoms with Crippen LogP contribution in [-0.2, 0) is 14.3 Å². The molecule has 2 atom stereocenters. The van der Waals surface area contributed by atoms with E-state index in [9.17, 15) is 9.59 Å². The number of ether oxygens (including phenoxy) is 1. The van der Waals surface area contributed by atoms with Gasteiger partial charge in [0.15, 0.2) is 0 Å². The van der Waals surface area contributed by atoms with Gasteiger partial charge in [-0.2, -0.15) is 0 Å². The monoisotopic (exact) mass is 253 g/mol. The van der Waals surface area contributed by atoms with Crippen LogP contribution in [-0.4, -0.2) is 41.9 Å². The van der Waals surface area contributed by atoms with E-state index in [1.807, 2.05) is 4.90 Å². The topological polar surface area (TPSA) is 46.6 Å². The molecule has 4 nitrogen and oxygen atoms in total. The van der Waals surface area contributed by atoms with Crippen LogP contribution in [0.5, 0.6) is 0 Å². The number of ketones is 1. The van der Waals surface area contributed by atoms with E-state index >= 15 is 0 Å². The van der Waals surface area contributed by atoms with Gasteiger partial charge in [0, 0.05) is 32.0 Å². The summed E-state index contributed by atoms with van der Waals surface area (Å²) in [6, 6.07) is 0.152. The summed E-state index contributed by atoms with van der Waals surface area (Å²) in [5.41, 5.74) is 0. The summed E-state index contributed by atoms with van der Waals surface area (Å²) in [4.78, 5) is 25.2. The first kappa shape index (κ1) is 13.5. The molecule has 0 bridgehead atoms. The second kappa shape index (κ2) is 6.32. The van der Waals surface area contributed by atoms with Crippen LogP contribution in [0.1, 0.15) is 51.9 Å². The van der Waals surface area contributed by atoms with Gasteiger partial charge in [-0.1, -0.05) is 0 Å². The smallest absolute Gasteiger partial charge is 0.222 e. The van der Waals surface area contributed by atoms with Gasteiger partial charge < -0.3 is 9.64 Å². The lowest BCUT2D eigenvalue weighted by Crippen LogP contribution is -2.36. The zero-order valence-corrected chi connectivity index (χ0v) is 11.2. The number of amides is 1. The molecule has 2 heterocycles. The Bertz CT molecular complexity index is 310. The molecule has 0 aromatic carbocycles. The molecule has 0 N–H and O–H groups in total. The third kappa shape index (κ3) is 3.55. The van der Waals surface area contributed by atoms with Crippen molar-refractivity contribution in [2.45, 2.75) is 64.0 Å². The lowest BCUT2D eigenvalue weighted by Gasteiger charge is -2.24. The minimum Gasteiger partial charge on any atom is -0.378 e. The molecule has 2 fully saturated rings. The zero-order valence-electron chi connectivity index (χ0n) is 11.2. The van der Waals surface area contributed by atoms with Crippen molar-refractivity contribution in [3.8, 4) is 0 Å². The van der Waals surface area contributed by atoms with Crippen molar-refractivity contribution in [3.05, 3.63) is 0 Å². The minimum absolute atomic E-state index is 0.152. The molecule has 18 heavy (non-hydrogen) atoms. The van der Waals surface area contributed by atoms with E-state index in [0.29, 0.717) is 12.8 Å². The highest BCUT2D eigenvalue weighted by atomic mass is 16.5. The summed E-state index contributed by atoms with van der Waals surface area (Å²) in [6.07, 6.45) is 6.42. The van der Waals surface area contributed by atoms with Crippen LogP contribution in [0.3, 0.4) is 0 Å². The maximum absolute atomic E-state index is 12.2. The fourth-order valence-electron chi connectivity index (χ4n) is 3.01. The number of Topliss-reactive ketones (excluding diaryl/α,β-unsaturated/α-hetero) is 1. The molecule has 0 radical (unpaired) electrons. The van der Waals surface area contributed by atoms with E-state index in [2.05, 4.69) is 0 Å². The predicted octanol–water partition coefficient (Wildman–Crippen LogP) is 1.92. The molecule has 4 heteroatoms. The van der Waals surface area contributed by atoms with Gasteiger partial charge in [0.25, 0.3) is 0 Å². The highest BCUT2D eigenvalue weighted by Crippen LogP contribution is 2.23. The van der Waals surface area contributed by atoms with Gasteiger partial charge in [-0.05, 0) is 39.0 Å². The van der Waals surface area contributed by atoms with Gasteiger partial charge in [-0.3, -0.25) is 9.59 Å². The molecule has 0 spiro atoms. The van der Waals surface area contributed by atoms with Crippen LogP contribution < -0.4 is 0 Å². The van der Waals surface area contributed by atoms with Crippen LogP contribution in [0, 0.1) is 0 Å². The molecule has 2 aliphatic rings. The SMILES string of the molecule is CC(=O)CC1CCCN1C(=O)CCC1CCCO1. The van der Waals surface area contributed by atoms with Gasteiger partial charge in [0.1, 0.15) is 5.78 Å². The van der Waals surface area contributed by atoms with E-state index in [1.165, 1.54) is 0 Å². The maximum Gasteiger partial charge on any atom is 0.222 e. The van der Waals surface area contributed by atoms with E-state index in [-0.39, 0.29) is 23.8 Å². The lowest BCUT2D eigenvalue weighted by molar-refractivity contribution is -0.133. The maximum atomic E-state index is 12.2. The summed E-state index contributed by atoms with van der Waals surface area (Å²) in [7, 11) is 0. The molecule has 1 amide bonds. The number of carbonyl (C=O) groups is 2. The molecule has 2 saturated heterocycles. The van der Waals surface area contributed by atoms with Gasteiger partial charge in [-0.25, -0.2) is 0 Å². The van der Waals surface area contributed by atoms with E-state index in [4.69, 9.17) is 4.74 Å². The normalized spacial score (nSPS) is 27.7. The Hall–Kier alpha value is -0.900. The van der Waals surface area contributed by atoms with E-state index < -0.39 is 0 Å². The lowest BCUT2D eigenvalue weighted by atomic mass is 10.1. The number of hydrogen-bond acceptors (Lipinski definition) is 3. The summed E-state index contributed by atoms with van der Waals surface area (Å²) in [5.74, 6) is 0.382. The molecule has 0 aromatic heterocycles. The Kier molecular flexibility index (Phi) is 4.75. The third-order valence-electron chi connectivity index (χ3n) is 3.92.